The molecule has 1 aromatic rings. The van der Waals surface area contributed by atoms with Crippen LogP contribution in [0.25, 0.3) is 0 Å². The van der Waals surface area contributed by atoms with E-state index in [2.05, 4.69) is 0 Å². The van der Waals surface area contributed by atoms with E-state index in [4.69, 9.17) is 15.8 Å². The third-order valence-electron chi connectivity index (χ3n) is 1.99. The molecular weight excluding hydrogens is 174 g/mol. The van der Waals surface area contributed by atoms with Gasteiger partial charge in [0.1, 0.15) is 0 Å². The van der Waals surface area contributed by atoms with E-state index in [1.165, 1.54) is 0 Å². The molecule has 0 aromatic heterocycles. The lowest BCUT2D eigenvalue weighted by Gasteiger charge is -2.14. The zero-order valence-corrected chi connectivity index (χ0v) is 7.44. The van der Waals surface area contributed by atoms with E-state index in [0.717, 1.165) is 0 Å². The third-order valence-corrected chi connectivity index (χ3v) is 1.99. The molecule has 1 rings (SSSR count). The molecule has 14 heavy (non-hydrogen) atoms. The molecule has 0 aliphatic heterocycles. The second-order valence-corrected chi connectivity index (χ2v) is 2.83. The molecule has 3 nitrogen and oxygen atoms in total. The first kappa shape index (κ1) is 9.78. The van der Waals surface area contributed by atoms with Gasteiger partial charge in [0.05, 0.1) is 24.6 Å². The normalized spacial score (nSPS) is 9.50. The molecule has 0 fully saturated rings. The highest BCUT2D eigenvalue weighted by molar-refractivity contribution is 5.41. The average molecular weight is 181 g/mol. The van der Waals surface area contributed by atoms with E-state index in [-0.39, 0.29) is 6.42 Å². The minimum absolute atomic E-state index is 0.107. The standard InChI is InChI=1S/C11H7N3/c12-7-6-11(8-13,9-14)10-4-2-1-3-5-10/h1-5H,6H2. The van der Waals surface area contributed by atoms with Crippen molar-refractivity contribution in [3.8, 4) is 18.2 Å². The maximum atomic E-state index is 8.94. The fourth-order valence-corrected chi connectivity index (χ4v) is 1.18. The molecule has 0 aliphatic carbocycles. The summed E-state index contributed by atoms with van der Waals surface area (Å²) in [5.41, 5.74) is -0.748. The van der Waals surface area contributed by atoms with Crippen LogP contribution in [-0.4, -0.2) is 0 Å². The van der Waals surface area contributed by atoms with Crippen LogP contribution in [0.5, 0.6) is 0 Å². The van der Waals surface area contributed by atoms with Crippen LogP contribution in [0.15, 0.2) is 30.3 Å². The van der Waals surface area contributed by atoms with Crippen LogP contribution in [0.3, 0.4) is 0 Å². The van der Waals surface area contributed by atoms with Gasteiger partial charge in [0, 0.05) is 0 Å². The van der Waals surface area contributed by atoms with Crippen LogP contribution in [0.2, 0.25) is 0 Å². The zero-order chi connectivity index (χ0) is 10.4. The van der Waals surface area contributed by atoms with Gasteiger partial charge >= 0.3 is 0 Å². The van der Waals surface area contributed by atoms with Gasteiger partial charge in [0.15, 0.2) is 5.41 Å². The molecule has 66 valence electrons. The molecule has 0 spiro atoms. The summed E-state index contributed by atoms with van der Waals surface area (Å²) in [6.45, 7) is 0. The Morgan fingerprint density at radius 2 is 1.57 bits per heavy atom. The molecule has 0 bridgehead atoms. The van der Waals surface area contributed by atoms with Crippen LogP contribution in [0, 0.1) is 34.0 Å². The molecule has 0 amide bonds. The lowest BCUT2D eigenvalue weighted by molar-refractivity contribution is 0.721. The molecule has 0 saturated carbocycles. The quantitative estimate of drug-likeness (QED) is 0.699. The summed E-state index contributed by atoms with van der Waals surface area (Å²) in [6, 6.07) is 14.3. The van der Waals surface area contributed by atoms with Crippen molar-refractivity contribution in [2.45, 2.75) is 11.8 Å². The molecule has 0 heterocycles. The van der Waals surface area contributed by atoms with Crippen LogP contribution in [-0.2, 0) is 5.41 Å². The van der Waals surface area contributed by atoms with Crippen LogP contribution in [0.4, 0.5) is 0 Å². The number of rotatable bonds is 2. The highest BCUT2D eigenvalue weighted by atomic mass is 14.4. The Labute approximate surface area is 82.4 Å². The van der Waals surface area contributed by atoms with Crippen molar-refractivity contribution in [1.82, 2.24) is 0 Å². The van der Waals surface area contributed by atoms with Crippen molar-refractivity contribution in [3.63, 3.8) is 0 Å². The Bertz CT molecular complexity index is 414. The van der Waals surface area contributed by atoms with E-state index >= 15 is 0 Å². The first-order valence-electron chi connectivity index (χ1n) is 4.04. The lowest BCUT2D eigenvalue weighted by Crippen LogP contribution is -2.20. The summed E-state index contributed by atoms with van der Waals surface area (Å²) in [7, 11) is 0. The summed E-state index contributed by atoms with van der Waals surface area (Å²) in [5.74, 6) is 0. The van der Waals surface area contributed by atoms with E-state index < -0.39 is 5.41 Å². The monoisotopic (exact) mass is 181 g/mol. The van der Waals surface area contributed by atoms with Crippen molar-refractivity contribution >= 4 is 0 Å². The van der Waals surface area contributed by atoms with Crippen molar-refractivity contribution in [2.75, 3.05) is 0 Å². The molecule has 1 aromatic carbocycles. The maximum absolute atomic E-state index is 8.94. The number of nitrogens with zero attached hydrogens (tertiary/aromatic N) is 3. The maximum Gasteiger partial charge on any atom is 0.181 e. The van der Waals surface area contributed by atoms with E-state index in [0.29, 0.717) is 5.56 Å². The summed E-state index contributed by atoms with van der Waals surface area (Å²) < 4.78 is 0. The van der Waals surface area contributed by atoms with Crippen molar-refractivity contribution < 1.29 is 0 Å². The van der Waals surface area contributed by atoms with Gasteiger partial charge in [0.25, 0.3) is 0 Å². The first-order chi connectivity index (χ1) is 6.79. The minimum atomic E-state index is -1.32. The van der Waals surface area contributed by atoms with Gasteiger partial charge in [-0.2, -0.15) is 15.8 Å². The second-order valence-electron chi connectivity index (χ2n) is 2.83. The minimum Gasteiger partial charge on any atom is -0.198 e. The van der Waals surface area contributed by atoms with Crippen molar-refractivity contribution in [2.24, 2.45) is 0 Å². The molecule has 3 heteroatoms. The number of nitriles is 3. The molecular formula is C11H7N3. The Balaban J connectivity index is 3.23. The smallest absolute Gasteiger partial charge is 0.181 e. The molecule has 0 aliphatic rings. The van der Waals surface area contributed by atoms with Gasteiger partial charge in [-0.1, -0.05) is 30.3 Å². The predicted octanol–water partition coefficient (Wildman–Crippen LogP) is 1.89. The summed E-state index contributed by atoms with van der Waals surface area (Å²) >= 11 is 0. The SMILES string of the molecule is N#CCC(C#N)(C#N)c1ccccc1. The van der Waals surface area contributed by atoms with Crippen LogP contribution >= 0.6 is 0 Å². The van der Waals surface area contributed by atoms with Crippen LogP contribution in [0.1, 0.15) is 12.0 Å². The molecule has 0 saturated heterocycles. The first-order valence-corrected chi connectivity index (χ1v) is 4.04. The molecule has 0 radical (unpaired) electrons. The fraction of sp³-hybridized carbons (Fsp3) is 0.182. The Kier molecular flexibility index (Phi) is 2.85. The van der Waals surface area contributed by atoms with E-state index in [1.54, 1.807) is 30.3 Å². The van der Waals surface area contributed by atoms with E-state index in [1.807, 2.05) is 18.2 Å². The summed E-state index contributed by atoms with van der Waals surface area (Å²) in [6.07, 6.45) is -0.107. The topological polar surface area (TPSA) is 71.4 Å². The van der Waals surface area contributed by atoms with Gasteiger partial charge in [0.2, 0.25) is 0 Å². The largest absolute Gasteiger partial charge is 0.198 e. The van der Waals surface area contributed by atoms with Crippen molar-refractivity contribution in [1.29, 1.82) is 15.8 Å². The van der Waals surface area contributed by atoms with Gasteiger partial charge in [-0.05, 0) is 5.56 Å². The third kappa shape index (κ3) is 1.56. The van der Waals surface area contributed by atoms with Gasteiger partial charge in [-0.3, -0.25) is 0 Å². The fourth-order valence-electron chi connectivity index (χ4n) is 1.18. The summed E-state index contributed by atoms with van der Waals surface area (Å²) in [5, 5.41) is 26.4. The van der Waals surface area contributed by atoms with Gasteiger partial charge in [-0.25, -0.2) is 0 Å². The number of hydrogen-bond donors (Lipinski definition) is 0. The average Bonchev–Trinajstić information content (AvgIpc) is 2.27. The Morgan fingerprint density at radius 1 is 1.00 bits per heavy atom. The second kappa shape index (κ2) is 4.08. The summed E-state index contributed by atoms with van der Waals surface area (Å²) in [4.78, 5) is 0. The highest BCUT2D eigenvalue weighted by Gasteiger charge is 2.32. The highest BCUT2D eigenvalue weighted by Crippen LogP contribution is 2.25. The predicted molar refractivity (Wildman–Crippen MR) is 49.6 cm³/mol. The molecule has 0 atom stereocenters. The van der Waals surface area contributed by atoms with Gasteiger partial charge in [-0.15, -0.1) is 0 Å². The lowest BCUT2D eigenvalue weighted by atomic mass is 9.81. The number of hydrogen-bond acceptors (Lipinski definition) is 3. The Morgan fingerprint density at radius 3 is 2.00 bits per heavy atom. The van der Waals surface area contributed by atoms with Crippen LogP contribution < -0.4 is 0 Å². The Hall–Kier alpha value is -2.31. The van der Waals surface area contributed by atoms with E-state index in [9.17, 15) is 0 Å². The molecule has 0 N–H and O–H groups in total. The van der Waals surface area contributed by atoms with Crippen molar-refractivity contribution in [3.05, 3.63) is 35.9 Å². The molecule has 0 unspecified atom stereocenters. The van der Waals surface area contributed by atoms with Gasteiger partial charge < -0.3 is 0 Å². The number of benzene rings is 1. The zero-order valence-electron chi connectivity index (χ0n) is 7.44.